The van der Waals surface area contributed by atoms with E-state index in [4.69, 9.17) is 5.73 Å². The Morgan fingerprint density at radius 2 is 1.83 bits per heavy atom. The molecule has 0 saturated carbocycles. The highest BCUT2D eigenvalue weighted by Crippen LogP contribution is 2.52. The summed E-state index contributed by atoms with van der Waals surface area (Å²) in [6.45, 7) is 0.633. The second kappa shape index (κ2) is 5.85. The number of allylic oxidation sites excluding steroid dienone is 1. The minimum Gasteiger partial charge on any atom is -0.380 e. The van der Waals surface area contributed by atoms with Crippen molar-refractivity contribution in [3.63, 3.8) is 0 Å². The van der Waals surface area contributed by atoms with Crippen molar-refractivity contribution in [2.24, 2.45) is 17.1 Å². The molecule has 1 aliphatic heterocycles. The molecule has 0 saturated heterocycles. The fourth-order valence-corrected chi connectivity index (χ4v) is 3.89. The van der Waals surface area contributed by atoms with Gasteiger partial charge in [0.2, 0.25) is 0 Å². The molecule has 3 rings (SSSR count). The Labute approximate surface area is 141 Å². The lowest BCUT2D eigenvalue weighted by molar-refractivity contribution is 0.229. The lowest BCUT2D eigenvalue weighted by Crippen LogP contribution is -2.53. The van der Waals surface area contributed by atoms with Crippen LogP contribution in [0.3, 0.4) is 0 Å². The maximum absolute atomic E-state index is 9.90. The average molecular weight is 315 g/mol. The van der Waals surface area contributed by atoms with Crippen LogP contribution in [0.4, 0.5) is 0 Å². The molecule has 0 unspecified atom stereocenters. The molecule has 5 heteroatoms. The molecule has 1 aromatic carbocycles. The van der Waals surface area contributed by atoms with Gasteiger partial charge in [0.1, 0.15) is 0 Å². The van der Waals surface area contributed by atoms with Crippen LogP contribution >= 0.6 is 0 Å². The Bertz CT molecular complexity index is 817. The standard InChI is InChI=1S/C19H17N5/c1-24-8-7-14-15(9-20)18(23)19(11-21,12-22)17(16(14)10-24)13-5-3-2-4-6-13/h2-8,16-18H,10,23H2,1H3/t16-,17+,18+/m1/s1. The summed E-state index contributed by atoms with van der Waals surface area (Å²) in [6, 6.07) is 15.1. The van der Waals surface area contributed by atoms with Crippen molar-refractivity contribution >= 4 is 0 Å². The number of benzene rings is 1. The second-order valence-corrected chi connectivity index (χ2v) is 6.30. The molecule has 0 spiro atoms. The van der Waals surface area contributed by atoms with Crippen molar-refractivity contribution in [3.05, 3.63) is 59.3 Å². The number of nitriles is 3. The lowest BCUT2D eigenvalue weighted by Gasteiger charge is -2.46. The van der Waals surface area contributed by atoms with Gasteiger partial charge in [-0.25, -0.2) is 0 Å². The van der Waals surface area contributed by atoms with E-state index in [1.807, 2.05) is 54.6 Å². The topological polar surface area (TPSA) is 101 Å². The van der Waals surface area contributed by atoms with Crippen LogP contribution in [0.15, 0.2) is 53.8 Å². The van der Waals surface area contributed by atoms with Crippen molar-refractivity contribution < 1.29 is 0 Å². The van der Waals surface area contributed by atoms with Crippen LogP contribution in [0.25, 0.3) is 0 Å². The summed E-state index contributed by atoms with van der Waals surface area (Å²) in [6.07, 6.45) is 3.80. The largest absolute Gasteiger partial charge is 0.380 e. The van der Waals surface area contributed by atoms with Crippen LogP contribution < -0.4 is 5.73 Å². The Balaban J connectivity index is 2.31. The van der Waals surface area contributed by atoms with E-state index in [2.05, 4.69) is 18.2 Å². The van der Waals surface area contributed by atoms with Gasteiger partial charge in [-0.15, -0.1) is 0 Å². The van der Waals surface area contributed by atoms with Crippen LogP contribution in [-0.2, 0) is 0 Å². The molecule has 1 aliphatic carbocycles. The van der Waals surface area contributed by atoms with Crippen LogP contribution in [0.5, 0.6) is 0 Å². The quantitative estimate of drug-likeness (QED) is 0.854. The molecule has 0 aromatic heterocycles. The van der Waals surface area contributed by atoms with Gasteiger partial charge in [0.15, 0.2) is 5.41 Å². The minimum absolute atomic E-state index is 0.129. The van der Waals surface area contributed by atoms with E-state index in [1.54, 1.807) is 0 Å². The van der Waals surface area contributed by atoms with E-state index in [0.717, 1.165) is 11.1 Å². The predicted molar refractivity (Wildman–Crippen MR) is 88.7 cm³/mol. The molecule has 0 fully saturated rings. The van der Waals surface area contributed by atoms with E-state index in [0.29, 0.717) is 12.1 Å². The zero-order chi connectivity index (χ0) is 17.3. The number of rotatable bonds is 1. The molecule has 2 aliphatic rings. The SMILES string of the molecule is CN1C=CC2=C(C#N)[C@H](N)C(C#N)(C#N)[C@@H](c3ccccc3)[C@@H]2C1. The summed E-state index contributed by atoms with van der Waals surface area (Å²) in [5.41, 5.74) is 6.92. The van der Waals surface area contributed by atoms with Crippen molar-refractivity contribution in [1.82, 2.24) is 4.90 Å². The summed E-state index contributed by atoms with van der Waals surface area (Å²) in [5.74, 6) is -0.514. The third-order valence-corrected chi connectivity index (χ3v) is 5.05. The first-order valence-electron chi connectivity index (χ1n) is 7.74. The maximum Gasteiger partial charge on any atom is 0.170 e. The summed E-state index contributed by atoms with van der Waals surface area (Å²) in [7, 11) is 1.94. The van der Waals surface area contributed by atoms with Gasteiger partial charge in [-0.1, -0.05) is 30.3 Å². The maximum atomic E-state index is 9.90. The first-order chi connectivity index (χ1) is 11.6. The third kappa shape index (κ3) is 2.09. The summed E-state index contributed by atoms with van der Waals surface area (Å²) in [5, 5.41) is 29.4. The van der Waals surface area contributed by atoms with Gasteiger partial charge in [0, 0.05) is 25.4 Å². The molecule has 0 radical (unpaired) electrons. The molecule has 5 nitrogen and oxygen atoms in total. The average Bonchev–Trinajstić information content (AvgIpc) is 2.62. The first kappa shape index (κ1) is 15.8. The monoisotopic (exact) mass is 315 g/mol. The summed E-state index contributed by atoms with van der Waals surface area (Å²) < 4.78 is 0. The summed E-state index contributed by atoms with van der Waals surface area (Å²) in [4.78, 5) is 2.01. The fourth-order valence-electron chi connectivity index (χ4n) is 3.89. The van der Waals surface area contributed by atoms with E-state index in [-0.39, 0.29) is 11.8 Å². The third-order valence-electron chi connectivity index (χ3n) is 5.05. The van der Waals surface area contributed by atoms with Crippen LogP contribution in [0.1, 0.15) is 11.5 Å². The number of nitrogens with zero attached hydrogens (tertiary/aromatic N) is 4. The van der Waals surface area contributed by atoms with E-state index < -0.39 is 11.5 Å². The smallest absolute Gasteiger partial charge is 0.170 e. The molecule has 0 bridgehead atoms. The molecule has 118 valence electrons. The van der Waals surface area contributed by atoms with E-state index in [9.17, 15) is 15.8 Å². The number of hydrogen-bond donors (Lipinski definition) is 1. The number of nitrogens with two attached hydrogens (primary N) is 1. The highest BCUT2D eigenvalue weighted by atomic mass is 15.1. The Kier molecular flexibility index (Phi) is 3.86. The highest BCUT2D eigenvalue weighted by molar-refractivity contribution is 5.53. The van der Waals surface area contributed by atoms with Gasteiger partial charge >= 0.3 is 0 Å². The lowest BCUT2D eigenvalue weighted by atomic mass is 9.56. The number of hydrogen-bond acceptors (Lipinski definition) is 5. The molecule has 1 heterocycles. The molecular weight excluding hydrogens is 298 g/mol. The molecule has 3 atom stereocenters. The molecule has 2 N–H and O–H groups in total. The molecule has 24 heavy (non-hydrogen) atoms. The van der Waals surface area contributed by atoms with Crippen molar-refractivity contribution in [3.8, 4) is 18.2 Å². The van der Waals surface area contributed by atoms with Crippen LogP contribution in [-0.4, -0.2) is 24.5 Å². The zero-order valence-electron chi connectivity index (χ0n) is 13.3. The van der Waals surface area contributed by atoms with E-state index >= 15 is 0 Å². The second-order valence-electron chi connectivity index (χ2n) is 6.30. The van der Waals surface area contributed by atoms with Gasteiger partial charge in [0.05, 0.1) is 29.8 Å². The molecule has 0 amide bonds. The highest BCUT2D eigenvalue weighted by Gasteiger charge is 2.55. The van der Waals surface area contributed by atoms with Crippen LogP contribution in [0.2, 0.25) is 0 Å². The van der Waals surface area contributed by atoms with E-state index in [1.165, 1.54) is 0 Å². The van der Waals surface area contributed by atoms with Gasteiger partial charge in [-0.3, -0.25) is 0 Å². The Hall–Kier alpha value is -3.07. The fraction of sp³-hybridized carbons (Fsp3) is 0.316. The molecule has 1 aromatic rings. The zero-order valence-corrected chi connectivity index (χ0v) is 13.3. The van der Waals surface area contributed by atoms with Gasteiger partial charge in [-0.2, -0.15) is 15.8 Å². The summed E-state index contributed by atoms with van der Waals surface area (Å²) >= 11 is 0. The number of fused-ring (bicyclic) bond motifs is 1. The van der Waals surface area contributed by atoms with Crippen molar-refractivity contribution in [2.45, 2.75) is 12.0 Å². The van der Waals surface area contributed by atoms with Crippen molar-refractivity contribution in [2.75, 3.05) is 13.6 Å². The normalized spacial score (nSPS) is 27.6. The Morgan fingerprint density at radius 3 is 2.42 bits per heavy atom. The van der Waals surface area contributed by atoms with Gasteiger partial charge in [0.25, 0.3) is 0 Å². The molecular formula is C19H17N5. The first-order valence-corrected chi connectivity index (χ1v) is 7.74. The van der Waals surface area contributed by atoms with Crippen LogP contribution in [0, 0.1) is 45.3 Å². The Morgan fingerprint density at radius 1 is 1.17 bits per heavy atom. The minimum atomic E-state index is -1.47. The van der Waals surface area contributed by atoms with Crippen molar-refractivity contribution in [1.29, 1.82) is 15.8 Å². The van der Waals surface area contributed by atoms with Gasteiger partial charge in [-0.05, 0) is 23.4 Å². The van der Waals surface area contributed by atoms with Gasteiger partial charge < -0.3 is 10.6 Å². The predicted octanol–water partition coefficient (Wildman–Crippen LogP) is 2.04.